The van der Waals surface area contributed by atoms with Crippen LogP contribution < -0.4 is 9.50 Å². The van der Waals surface area contributed by atoms with E-state index < -0.39 is 27.8 Å². The summed E-state index contributed by atoms with van der Waals surface area (Å²) in [6.45, 7) is 4.04. The van der Waals surface area contributed by atoms with Crippen molar-refractivity contribution in [3.05, 3.63) is 59.7 Å². The molecule has 0 radical (unpaired) electrons. The fourth-order valence-electron chi connectivity index (χ4n) is 3.36. The molecule has 0 aromatic heterocycles. The first-order valence-electron chi connectivity index (χ1n) is 11.0. The number of amides is 1. The maximum atomic E-state index is 12.0. The Balaban J connectivity index is 1.78. The zero-order valence-corrected chi connectivity index (χ0v) is 20.4. The number of hydrogen-bond donors (Lipinski definition) is 2. The number of carbonyl (C=O) groups excluding carboxylic acids is 1. The molecule has 0 heterocycles. The predicted molar refractivity (Wildman–Crippen MR) is 128 cm³/mol. The molecule has 2 aromatic rings. The van der Waals surface area contributed by atoms with E-state index in [9.17, 15) is 23.1 Å². The SMILES string of the molecule is CCOC(CC)(Cc1ccc(NC(=O)OCCCc2ccc(OS(C)(=O)=O)cc2)cc1)C(=O)O. The van der Waals surface area contributed by atoms with Crippen molar-refractivity contribution in [2.75, 3.05) is 24.8 Å². The molecule has 1 unspecified atom stereocenters. The van der Waals surface area contributed by atoms with Crippen molar-refractivity contribution in [2.24, 2.45) is 0 Å². The molecule has 0 bridgehead atoms. The minimum atomic E-state index is -3.56. The molecule has 2 rings (SSSR count). The summed E-state index contributed by atoms with van der Waals surface area (Å²) in [6, 6.07) is 13.5. The van der Waals surface area contributed by atoms with Gasteiger partial charge in [0, 0.05) is 18.7 Å². The number of benzene rings is 2. The molecule has 0 aliphatic carbocycles. The maximum Gasteiger partial charge on any atom is 0.411 e. The molecule has 0 spiro atoms. The summed E-state index contributed by atoms with van der Waals surface area (Å²) in [7, 11) is -3.56. The highest BCUT2D eigenvalue weighted by Crippen LogP contribution is 2.24. The van der Waals surface area contributed by atoms with E-state index >= 15 is 0 Å². The highest BCUT2D eigenvalue weighted by Gasteiger charge is 2.37. The van der Waals surface area contributed by atoms with Crippen LogP contribution in [0.5, 0.6) is 5.75 Å². The quantitative estimate of drug-likeness (QED) is 0.316. The number of aryl methyl sites for hydroxylation is 1. The average Bonchev–Trinajstić information content (AvgIpc) is 2.77. The molecule has 10 heteroatoms. The normalized spacial score (nSPS) is 13.0. The smallest absolute Gasteiger partial charge is 0.411 e. The average molecular weight is 494 g/mol. The third-order valence-corrected chi connectivity index (χ3v) is 5.58. The summed E-state index contributed by atoms with van der Waals surface area (Å²) < 4.78 is 37.8. The number of ether oxygens (including phenoxy) is 2. The first kappa shape index (κ1) is 27.1. The van der Waals surface area contributed by atoms with E-state index in [4.69, 9.17) is 13.7 Å². The molecule has 34 heavy (non-hydrogen) atoms. The van der Waals surface area contributed by atoms with Gasteiger partial charge in [0.05, 0.1) is 12.9 Å². The molecular weight excluding hydrogens is 462 g/mol. The number of carboxylic acids is 1. The van der Waals surface area contributed by atoms with Crippen molar-refractivity contribution in [2.45, 2.75) is 45.1 Å². The number of carbonyl (C=O) groups is 2. The van der Waals surface area contributed by atoms with Crippen LogP contribution in [0.3, 0.4) is 0 Å². The molecule has 0 aliphatic rings. The van der Waals surface area contributed by atoms with Crippen molar-refractivity contribution in [3.63, 3.8) is 0 Å². The maximum absolute atomic E-state index is 12.0. The molecule has 0 fully saturated rings. The number of anilines is 1. The lowest BCUT2D eigenvalue weighted by Crippen LogP contribution is -2.43. The van der Waals surface area contributed by atoms with E-state index in [2.05, 4.69) is 5.32 Å². The van der Waals surface area contributed by atoms with Crippen LogP contribution in [0.1, 0.15) is 37.8 Å². The van der Waals surface area contributed by atoms with Crippen LogP contribution in [0.4, 0.5) is 10.5 Å². The lowest BCUT2D eigenvalue weighted by molar-refractivity contribution is -0.166. The van der Waals surface area contributed by atoms with Gasteiger partial charge in [-0.25, -0.2) is 9.59 Å². The molecule has 1 amide bonds. The molecule has 2 aromatic carbocycles. The standard InChI is InChI=1S/C24H31NO8S/c1-4-24(22(26)27,32-5-2)17-19-8-12-20(13-9-19)25-23(28)31-16-6-7-18-10-14-21(15-11-18)33-34(3,29)30/h8-15H,4-7,16-17H2,1-3H3,(H,25,28)(H,26,27). The van der Waals surface area contributed by atoms with Gasteiger partial charge in [0.15, 0.2) is 5.60 Å². The molecule has 0 saturated carbocycles. The highest BCUT2D eigenvalue weighted by molar-refractivity contribution is 7.86. The number of rotatable bonds is 13. The van der Waals surface area contributed by atoms with Gasteiger partial charge >= 0.3 is 22.2 Å². The summed E-state index contributed by atoms with van der Waals surface area (Å²) in [4.78, 5) is 23.7. The van der Waals surface area contributed by atoms with E-state index in [1.54, 1.807) is 62.4 Å². The van der Waals surface area contributed by atoms with Crippen LogP contribution in [0.2, 0.25) is 0 Å². The van der Waals surface area contributed by atoms with Gasteiger partial charge in [0.1, 0.15) is 5.75 Å². The third kappa shape index (κ3) is 8.68. The molecule has 0 aliphatic heterocycles. The number of carboxylic acid groups (broad SMARTS) is 1. The Morgan fingerprint density at radius 3 is 2.15 bits per heavy atom. The van der Waals surface area contributed by atoms with Gasteiger partial charge in [-0.15, -0.1) is 0 Å². The van der Waals surface area contributed by atoms with E-state index in [1.807, 2.05) is 0 Å². The zero-order chi connectivity index (χ0) is 25.2. The van der Waals surface area contributed by atoms with E-state index in [0.29, 0.717) is 31.6 Å². The highest BCUT2D eigenvalue weighted by atomic mass is 32.2. The van der Waals surface area contributed by atoms with Gasteiger partial charge in [0.25, 0.3) is 0 Å². The molecule has 9 nitrogen and oxygen atoms in total. The van der Waals surface area contributed by atoms with Crippen LogP contribution >= 0.6 is 0 Å². The monoisotopic (exact) mass is 493 g/mol. The minimum Gasteiger partial charge on any atom is -0.479 e. The Bertz CT molecular complexity index is 1050. The Kier molecular flexibility index (Phi) is 9.88. The van der Waals surface area contributed by atoms with Gasteiger partial charge < -0.3 is 18.8 Å². The molecule has 186 valence electrons. The second-order valence-electron chi connectivity index (χ2n) is 7.76. The Labute approximate surface area is 200 Å². The first-order valence-corrected chi connectivity index (χ1v) is 12.8. The Hall–Kier alpha value is -3.11. The van der Waals surface area contributed by atoms with E-state index in [0.717, 1.165) is 17.4 Å². The van der Waals surface area contributed by atoms with Gasteiger partial charge in [-0.2, -0.15) is 8.42 Å². The van der Waals surface area contributed by atoms with Gasteiger partial charge in [-0.1, -0.05) is 31.2 Å². The van der Waals surface area contributed by atoms with Crippen LogP contribution in [0, 0.1) is 0 Å². The van der Waals surface area contributed by atoms with Crippen LogP contribution in [-0.2, 0) is 37.2 Å². The minimum absolute atomic E-state index is 0.206. The van der Waals surface area contributed by atoms with Crippen molar-refractivity contribution in [3.8, 4) is 5.75 Å². The Morgan fingerprint density at radius 2 is 1.62 bits per heavy atom. The predicted octanol–water partition coefficient (Wildman–Crippen LogP) is 4.02. The summed E-state index contributed by atoms with van der Waals surface area (Å²) in [5, 5.41) is 12.2. The number of hydrogen-bond acceptors (Lipinski definition) is 7. The summed E-state index contributed by atoms with van der Waals surface area (Å²) in [6.07, 6.45) is 2.18. The molecule has 0 saturated heterocycles. The second kappa shape index (κ2) is 12.4. The van der Waals surface area contributed by atoms with Gasteiger partial charge in [-0.05, 0) is 61.6 Å². The largest absolute Gasteiger partial charge is 0.479 e. The number of aliphatic carboxylic acids is 1. The zero-order valence-electron chi connectivity index (χ0n) is 19.6. The van der Waals surface area contributed by atoms with Crippen molar-refractivity contribution < 1.29 is 36.8 Å². The molecular formula is C24H31NO8S. The fraction of sp³-hybridized carbons (Fsp3) is 0.417. The topological polar surface area (TPSA) is 128 Å². The summed E-state index contributed by atoms with van der Waals surface area (Å²) in [5.41, 5.74) is 0.995. The Morgan fingerprint density at radius 1 is 1.00 bits per heavy atom. The third-order valence-electron chi connectivity index (χ3n) is 5.09. The van der Waals surface area contributed by atoms with Crippen LogP contribution in [0.25, 0.3) is 0 Å². The number of nitrogens with one attached hydrogen (secondary N) is 1. The summed E-state index contributed by atoms with van der Waals surface area (Å²) in [5.74, 6) is -0.755. The molecule has 2 N–H and O–H groups in total. The lowest BCUT2D eigenvalue weighted by atomic mass is 9.91. The van der Waals surface area contributed by atoms with E-state index in [-0.39, 0.29) is 18.8 Å². The van der Waals surface area contributed by atoms with Crippen LogP contribution in [0.15, 0.2) is 48.5 Å². The first-order chi connectivity index (χ1) is 16.1. The van der Waals surface area contributed by atoms with Crippen molar-refractivity contribution >= 4 is 27.9 Å². The van der Waals surface area contributed by atoms with Gasteiger partial charge in [0.2, 0.25) is 0 Å². The van der Waals surface area contributed by atoms with Crippen molar-refractivity contribution in [1.29, 1.82) is 0 Å². The van der Waals surface area contributed by atoms with Gasteiger partial charge in [-0.3, -0.25) is 5.32 Å². The molecule has 1 atom stereocenters. The van der Waals surface area contributed by atoms with E-state index in [1.165, 1.54) is 0 Å². The fourth-order valence-corrected chi connectivity index (χ4v) is 3.82. The summed E-state index contributed by atoms with van der Waals surface area (Å²) >= 11 is 0. The second-order valence-corrected chi connectivity index (χ2v) is 9.33. The lowest BCUT2D eigenvalue weighted by Gasteiger charge is -2.28. The van der Waals surface area contributed by atoms with Crippen LogP contribution in [-0.4, -0.2) is 50.7 Å². The van der Waals surface area contributed by atoms with Crippen molar-refractivity contribution in [1.82, 2.24) is 0 Å².